The molecule has 1 aliphatic heterocycles. The zero-order valence-electron chi connectivity index (χ0n) is 8.38. The van der Waals surface area contributed by atoms with Gasteiger partial charge in [0.05, 0.1) is 6.61 Å². The van der Waals surface area contributed by atoms with Gasteiger partial charge in [0.1, 0.15) is 5.75 Å². The minimum Gasteiger partial charge on any atom is -0.493 e. The van der Waals surface area contributed by atoms with Crippen LogP contribution in [0.4, 0.5) is 0 Å². The lowest BCUT2D eigenvalue weighted by atomic mass is 9.94. The molecule has 1 aromatic rings. The summed E-state index contributed by atoms with van der Waals surface area (Å²) in [4.78, 5) is 0. The van der Waals surface area contributed by atoms with Crippen LogP contribution in [0.3, 0.4) is 0 Å². The van der Waals surface area contributed by atoms with Crippen LogP contribution in [0.15, 0.2) is 18.2 Å². The fraction of sp³-hybridized carbons (Fsp3) is 0.455. The Hall–Kier alpha value is -0.730. The van der Waals surface area contributed by atoms with Crippen molar-refractivity contribution in [3.63, 3.8) is 0 Å². The predicted octanol–water partition coefficient (Wildman–Crippen LogP) is 2.42. The van der Waals surface area contributed by atoms with Crippen molar-refractivity contribution in [3.05, 3.63) is 28.8 Å². The molecule has 0 saturated heterocycles. The maximum atomic E-state index is 6.16. The number of likely N-dealkylation sites (N-methyl/N-ethyl adjacent to an activating group) is 1. The van der Waals surface area contributed by atoms with E-state index < -0.39 is 0 Å². The van der Waals surface area contributed by atoms with Gasteiger partial charge in [-0.15, -0.1) is 0 Å². The molecule has 2 nitrogen and oxygen atoms in total. The van der Waals surface area contributed by atoms with Crippen LogP contribution >= 0.6 is 11.6 Å². The highest BCUT2D eigenvalue weighted by Gasteiger charge is 2.30. The first-order valence-electron chi connectivity index (χ1n) is 4.82. The number of halogens is 1. The highest BCUT2D eigenvalue weighted by molar-refractivity contribution is 6.31. The SMILES string of the molecule is CNC(C)C1COc2cccc(Cl)c21. The highest BCUT2D eigenvalue weighted by atomic mass is 35.5. The zero-order chi connectivity index (χ0) is 10.1. The maximum absolute atomic E-state index is 6.16. The third kappa shape index (κ3) is 1.49. The van der Waals surface area contributed by atoms with E-state index in [9.17, 15) is 0 Å². The summed E-state index contributed by atoms with van der Waals surface area (Å²) in [5.74, 6) is 1.30. The third-order valence-electron chi connectivity index (χ3n) is 2.86. The van der Waals surface area contributed by atoms with Gasteiger partial charge in [0.25, 0.3) is 0 Å². The van der Waals surface area contributed by atoms with E-state index in [2.05, 4.69) is 12.2 Å². The average molecular weight is 212 g/mol. The van der Waals surface area contributed by atoms with Gasteiger partial charge in [0.2, 0.25) is 0 Å². The van der Waals surface area contributed by atoms with Crippen LogP contribution in [0, 0.1) is 0 Å². The fourth-order valence-corrected chi connectivity index (χ4v) is 2.17. The van der Waals surface area contributed by atoms with E-state index in [4.69, 9.17) is 16.3 Å². The molecule has 14 heavy (non-hydrogen) atoms. The van der Waals surface area contributed by atoms with Crippen LogP contribution in [-0.2, 0) is 0 Å². The Kier molecular flexibility index (Phi) is 2.66. The molecule has 1 aromatic carbocycles. The van der Waals surface area contributed by atoms with Crippen LogP contribution in [0.1, 0.15) is 18.4 Å². The minimum atomic E-state index is 0.365. The quantitative estimate of drug-likeness (QED) is 0.812. The molecular formula is C11H14ClNO. The molecule has 0 fully saturated rings. The minimum absolute atomic E-state index is 0.365. The Morgan fingerprint density at radius 3 is 3.07 bits per heavy atom. The van der Waals surface area contributed by atoms with Gasteiger partial charge in [0, 0.05) is 22.5 Å². The number of hydrogen-bond donors (Lipinski definition) is 1. The molecule has 2 atom stereocenters. The summed E-state index contributed by atoms with van der Waals surface area (Å²) >= 11 is 6.16. The monoisotopic (exact) mass is 211 g/mol. The molecule has 0 spiro atoms. The topological polar surface area (TPSA) is 21.3 Å². The van der Waals surface area contributed by atoms with Crippen molar-refractivity contribution in [3.8, 4) is 5.75 Å². The molecule has 1 N–H and O–H groups in total. The summed E-state index contributed by atoms with van der Waals surface area (Å²) in [7, 11) is 1.96. The van der Waals surface area contributed by atoms with Crippen LogP contribution < -0.4 is 10.1 Å². The first kappa shape index (κ1) is 9.81. The molecular weight excluding hydrogens is 198 g/mol. The van der Waals surface area contributed by atoms with E-state index in [1.807, 2.05) is 25.2 Å². The summed E-state index contributed by atoms with van der Waals surface area (Å²) in [6, 6.07) is 6.21. The van der Waals surface area contributed by atoms with Gasteiger partial charge in [-0.1, -0.05) is 17.7 Å². The Morgan fingerprint density at radius 2 is 2.36 bits per heavy atom. The molecule has 0 bridgehead atoms. The van der Waals surface area contributed by atoms with Crippen molar-refractivity contribution in [2.45, 2.75) is 18.9 Å². The van der Waals surface area contributed by atoms with Crippen LogP contribution in [0.25, 0.3) is 0 Å². The second-order valence-corrected chi connectivity index (χ2v) is 4.05. The highest BCUT2D eigenvalue weighted by Crippen LogP contribution is 2.40. The molecule has 3 heteroatoms. The molecule has 0 aromatic heterocycles. The van der Waals surface area contributed by atoms with Crippen molar-refractivity contribution < 1.29 is 4.74 Å². The smallest absolute Gasteiger partial charge is 0.124 e. The lowest BCUT2D eigenvalue weighted by Crippen LogP contribution is -2.29. The predicted molar refractivity (Wildman–Crippen MR) is 58.2 cm³/mol. The molecule has 0 amide bonds. The van der Waals surface area contributed by atoms with Gasteiger partial charge in [-0.25, -0.2) is 0 Å². The number of fused-ring (bicyclic) bond motifs is 1. The van der Waals surface area contributed by atoms with Gasteiger partial charge >= 0.3 is 0 Å². The Morgan fingerprint density at radius 1 is 1.57 bits per heavy atom. The second kappa shape index (κ2) is 3.79. The van der Waals surface area contributed by atoms with Crippen molar-refractivity contribution in [2.24, 2.45) is 0 Å². The molecule has 0 aliphatic carbocycles. The molecule has 2 rings (SSSR count). The van der Waals surface area contributed by atoms with E-state index >= 15 is 0 Å². The first-order valence-corrected chi connectivity index (χ1v) is 5.20. The van der Waals surface area contributed by atoms with Crippen molar-refractivity contribution in [1.29, 1.82) is 0 Å². The lowest BCUT2D eigenvalue weighted by molar-refractivity contribution is 0.308. The number of nitrogens with one attached hydrogen (secondary N) is 1. The lowest BCUT2D eigenvalue weighted by Gasteiger charge is -2.17. The molecule has 2 unspecified atom stereocenters. The van der Waals surface area contributed by atoms with Gasteiger partial charge in [-0.2, -0.15) is 0 Å². The third-order valence-corrected chi connectivity index (χ3v) is 3.19. The van der Waals surface area contributed by atoms with E-state index in [0.717, 1.165) is 22.9 Å². The van der Waals surface area contributed by atoms with E-state index in [-0.39, 0.29) is 0 Å². The molecule has 76 valence electrons. The van der Waals surface area contributed by atoms with Crippen molar-refractivity contribution in [2.75, 3.05) is 13.7 Å². The fourth-order valence-electron chi connectivity index (χ4n) is 1.86. The van der Waals surface area contributed by atoms with Crippen LogP contribution in [-0.4, -0.2) is 19.7 Å². The molecule has 1 aliphatic rings. The molecule has 0 saturated carbocycles. The Balaban J connectivity index is 2.38. The average Bonchev–Trinajstić information content (AvgIpc) is 2.62. The van der Waals surface area contributed by atoms with Crippen LogP contribution in [0.5, 0.6) is 5.75 Å². The molecule has 1 heterocycles. The largest absolute Gasteiger partial charge is 0.493 e. The standard InChI is InChI=1S/C11H14ClNO/c1-7(13-2)8-6-14-10-5-3-4-9(12)11(8)10/h3-5,7-8,13H,6H2,1-2H3. The van der Waals surface area contributed by atoms with Gasteiger partial charge in [-0.3, -0.25) is 0 Å². The van der Waals surface area contributed by atoms with Crippen LogP contribution in [0.2, 0.25) is 5.02 Å². The number of rotatable bonds is 2. The normalized spacial score (nSPS) is 21.5. The summed E-state index contributed by atoms with van der Waals surface area (Å²) in [5.41, 5.74) is 1.15. The van der Waals surface area contributed by atoms with Gasteiger partial charge < -0.3 is 10.1 Å². The first-order chi connectivity index (χ1) is 6.74. The van der Waals surface area contributed by atoms with Gasteiger partial charge in [-0.05, 0) is 26.1 Å². The summed E-state index contributed by atoms with van der Waals surface area (Å²) in [5, 5.41) is 4.05. The zero-order valence-corrected chi connectivity index (χ0v) is 9.14. The van der Waals surface area contributed by atoms with E-state index in [1.165, 1.54) is 0 Å². The molecule has 0 radical (unpaired) electrons. The van der Waals surface area contributed by atoms with E-state index in [0.29, 0.717) is 12.0 Å². The van der Waals surface area contributed by atoms with Gasteiger partial charge in [0.15, 0.2) is 0 Å². The number of ether oxygens (including phenoxy) is 1. The summed E-state index contributed by atoms with van der Waals surface area (Å²) in [6.45, 7) is 2.87. The second-order valence-electron chi connectivity index (χ2n) is 3.65. The van der Waals surface area contributed by atoms with Crippen molar-refractivity contribution in [1.82, 2.24) is 5.32 Å². The number of hydrogen-bond acceptors (Lipinski definition) is 2. The summed E-state index contributed by atoms with van der Waals surface area (Å²) in [6.07, 6.45) is 0. The van der Waals surface area contributed by atoms with E-state index in [1.54, 1.807) is 0 Å². The Bertz CT molecular complexity index is 340. The summed E-state index contributed by atoms with van der Waals surface area (Å²) < 4.78 is 5.59. The number of benzene rings is 1. The van der Waals surface area contributed by atoms with Crippen molar-refractivity contribution >= 4 is 11.6 Å². The maximum Gasteiger partial charge on any atom is 0.124 e. The Labute approximate surface area is 89.2 Å².